The molecule has 2 N–H and O–H groups in total. The highest BCUT2D eigenvalue weighted by molar-refractivity contribution is 8.00. The van der Waals surface area contributed by atoms with Crippen LogP contribution in [-0.2, 0) is 4.79 Å². The fourth-order valence-corrected chi connectivity index (χ4v) is 3.61. The van der Waals surface area contributed by atoms with Gasteiger partial charge in [0.15, 0.2) is 5.76 Å². The molecule has 0 aliphatic rings. The van der Waals surface area contributed by atoms with Crippen molar-refractivity contribution in [2.75, 3.05) is 10.6 Å². The van der Waals surface area contributed by atoms with Crippen LogP contribution in [0.2, 0.25) is 0 Å². The van der Waals surface area contributed by atoms with Crippen LogP contribution >= 0.6 is 11.8 Å². The van der Waals surface area contributed by atoms with Crippen LogP contribution in [0, 0.1) is 6.92 Å². The number of nitrogens with one attached hydrogen (secondary N) is 2. The molecule has 0 saturated carbocycles. The van der Waals surface area contributed by atoms with Crippen molar-refractivity contribution in [3.05, 3.63) is 78.3 Å². The Morgan fingerprint density at radius 3 is 2.46 bits per heavy atom. The van der Waals surface area contributed by atoms with Gasteiger partial charge in [-0.1, -0.05) is 30.7 Å². The topological polar surface area (TPSA) is 71.3 Å². The Morgan fingerprint density at radius 1 is 1.00 bits per heavy atom. The first-order valence-corrected chi connectivity index (χ1v) is 9.92. The van der Waals surface area contributed by atoms with Gasteiger partial charge in [-0.25, -0.2) is 0 Å². The summed E-state index contributed by atoms with van der Waals surface area (Å²) >= 11 is 1.47. The zero-order chi connectivity index (χ0) is 19.9. The minimum absolute atomic E-state index is 0.0404. The summed E-state index contributed by atoms with van der Waals surface area (Å²) in [5.74, 6) is -0.0975. The summed E-state index contributed by atoms with van der Waals surface area (Å²) in [4.78, 5) is 25.7. The first-order chi connectivity index (χ1) is 13.5. The normalized spacial score (nSPS) is 11.6. The number of amides is 2. The van der Waals surface area contributed by atoms with Gasteiger partial charge in [0.2, 0.25) is 5.91 Å². The molecule has 5 nitrogen and oxygen atoms in total. The number of thioether (sulfide) groups is 1. The highest BCUT2D eigenvalue weighted by Crippen LogP contribution is 2.28. The van der Waals surface area contributed by atoms with Crippen LogP contribution in [0.15, 0.2) is 76.2 Å². The van der Waals surface area contributed by atoms with Gasteiger partial charge in [0.1, 0.15) is 0 Å². The SMILES string of the molecule is CCC(Sc1cccc(NC(=O)c2ccco2)c1)C(=O)Nc1ccc(C)cc1. The van der Waals surface area contributed by atoms with Crippen molar-refractivity contribution in [2.24, 2.45) is 0 Å². The van der Waals surface area contributed by atoms with Crippen molar-refractivity contribution in [1.82, 2.24) is 0 Å². The van der Waals surface area contributed by atoms with Crippen LogP contribution in [0.1, 0.15) is 29.5 Å². The van der Waals surface area contributed by atoms with Gasteiger partial charge < -0.3 is 15.1 Å². The summed E-state index contributed by atoms with van der Waals surface area (Å²) in [6.45, 7) is 3.99. The number of hydrogen-bond acceptors (Lipinski definition) is 4. The quantitative estimate of drug-likeness (QED) is 0.530. The molecular formula is C22H22N2O3S. The molecule has 3 rings (SSSR count). The predicted octanol–water partition coefficient (Wildman–Crippen LogP) is 5.35. The molecule has 3 aromatic rings. The average Bonchev–Trinajstić information content (AvgIpc) is 3.23. The Hall–Kier alpha value is -2.99. The third-order valence-corrected chi connectivity index (χ3v) is 5.46. The molecule has 0 radical (unpaired) electrons. The van der Waals surface area contributed by atoms with E-state index in [4.69, 9.17) is 4.42 Å². The molecule has 2 amide bonds. The molecule has 0 bridgehead atoms. The van der Waals surface area contributed by atoms with Crippen LogP contribution in [-0.4, -0.2) is 17.1 Å². The van der Waals surface area contributed by atoms with Crippen LogP contribution in [0.5, 0.6) is 0 Å². The molecular weight excluding hydrogens is 372 g/mol. The summed E-state index contributed by atoms with van der Waals surface area (Å²) in [6.07, 6.45) is 2.14. The van der Waals surface area contributed by atoms with Crippen molar-refractivity contribution >= 4 is 35.0 Å². The van der Waals surface area contributed by atoms with Gasteiger partial charge in [0.05, 0.1) is 11.5 Å². The van der Waals surface area contributed by atoms with Crippen LogP contribution < -0.4 is 10.6 Å². The van der Waals surface area contributed by atoms with Crippen LogP contribution in [0.4, 0.5) is 11.4 Å². The Balaban J connectivity index is 1.64. The maximum Gasteiger partial charge on any atom is 0.291 e. The molecule has 1 heterocycles. The van der Waals surface area contributed by atoms with Gasteiger partial charge in [-0.2, -0.15) is 0 Å². The molecule has 6 heteroatoms. The van der Waals surface area contributed by atoms with E-state index in [0.29, 0.717) is 12.1 Å². The maximum absolute atomic E-state index is 12.6. The summed E-state index contributed by atoms with van der Waals surface area (Å²) in [6, 6.07) is 18.4. The van der Waals surface area contributed by atoms with E-state index in [0.717, 1.165) is 16.1 Å². The largest absolute Gasteiger partial charge is 0.459 e. The van der Waals surface area contributed by atoms with Crippen LogP contribution in [0.3, 0.4) is 0 Å². The number of furan rings is 1. The van der Waals surface area contributed by atoms with Crippen LogP contribution in [0.25, 0.3) is 0 Å². The molecule has 2 aromatic carbocycles. The Labute approximate surface area is 168 Å². The molecule has 0 fully saturated rings. The number of benzene rings is 2. The molecule has 0 spiro atoms. The molecule has 28 heavy (non-hydrogen) atoms. The van der Waals surface area contributed by atoms with E-state index in [9.17, 15) is 9.59 Å². The first kappa shape index (κ1) is 19.8. The highest BCUT2D eigenvalue weighted by Gasteiger charge is 2.18. The number of rotatable bonds is 7. The Kier molecular flexibility index (Phi) is 6.55. The van der Waals surface area contributed by atoms with Gasteiger partial charge in [0.25, 0.3) is 5.91 Å². The second-order valence-corrected chi connectivity index (χ2v) is 7.61. The molecule has 1 atom stereocenters. The lowest BCUT2D eigenvalue weighted by Gasteiger charge is -2.15. The van der Waals surface area contributed by atoms with Gasteiger partial charge in [-0.15, -0.1) is 11.8 Å². The maximum atomic E-state index is 12.6. The summed E-state index contributed by atoms with van der Waals surface area (Å²) in [5, 5.41) is 5.53. The van der Waals surface area contributed by atoms with E-state index in [2.05, 4.69) is 10.6 Å². The van der Waals surface area contributed by atoms with Gasteiger partial charge in [-0.05, 0) is 55.8 Å². The molecule has 144 valence electrons. The number of anilines is 2. The molecule has 1 aromatic heterocycles. The third kappa shape index (κ3) is 5.27. The molecule has 0 aliphatic carbocycles. The van der Waals surface area contributed by atoms with Crippen molar-refractivity contribution in [3.8, 4) is 0 Å². The van der Waals surface area contributed by atoms with Gasteiger partial charge in [0, 0.05) is 16.3 Å². The molecule has 0 aliphatic heterocycles. The van der Waals surface area contributed by atoms with E-state index in [1.54, 1.807) is 18.2 Å². The second kappa shape index (κ2) is 9.28. The van der Waals surface area contributed by atoms with E-state index < -0.39 is 0 Å². The standard InChI is InChI=1S/C22H22N2O3S/c1-3-20(22(26)23-16-11-9-15(2)10-12-16)28-18-7-4-6-17(14-18)24-21(25)19-8-5-13-27-19/h4-14,20H,3H2,1-2H3,(H,23,26)(H,24,25). The average molecular weight is 394 g/mol. The molecule has 0 saturated heterocycles. The lowest BCUT2D eigenvalue weighted by Crippen LogP contribution is -2.24. The summed E-state index contributed by atoms with van der Waals surface area (Å²) in [7, 11) is 0. The van der Waals surface area contributed by atoms with Crippen molar-refractivity contribution in [3.63, 3.8) is 0 Å². The Bertz CT molecular complexity index is 937. The Morgan fingerprint density at radius 2 is 1.79 bits per heavy atom. The highest BCUT2D eigenvalue weighted by atomic mass is 32.2. The molecule has 1 unspecified atom stereocenters. The fourth-order valence-electron chi connectivity index (χ4n) is 2.59. The van der Waals surface area contributed by atoms with Crippen molar-refractivity contribution < 1.29 is 14.0 Å². The zero-order valence-corrected chi connectivity index (χ0v) is 16.6. The summed E-state index contributed by atoms with van der Waals surface area (Å²) in [5.41, 5.74) is 2.59. The number of carbonyl (C=O) groups is 2. The van der Waals surface area contributed by atoms with E-state index in [-0.39, 0.29) is 22.8 Å². The fraction of sp³-hybridized carbons (Fsp3) is 0.182. The first-order valence-electron chi connectivity index (χ1n) is 9.04. The number of hydrogen-bond donors (Lipinski definition) is 2. The zero-order valence-electron chi connectivity index (χ0n) is 15.8. The van der Waals surface area contributed by atoms with Gasteiger partial charge >= 0.3 is 0 Å². The van der Waals surface area contributed by atoms with Crippen molar-refractivity contribution in [1.29, 1.82) is 0 Å². The number of aryl methyl sites for hydroxylation is 1. The number of carbonyl (C=O) groups excluding carboxylic acids is 2. The smallest absolute Gasteiger partial charge is 0.291 e. The van der Waals surface area contributed by atoms with Crippen molar-refractivity contribution in [2.45, 2.75) is 30.4 Å². The predicted molar refractivity (Wildman–Crippen MR) is 113 cm³/mol. The monoisotopic (exact) mass is 394 g/mol. The minimum Gasteiger partial charge on any atom is -0.459 e. The summed E-state index contributed by atoms with van der Waals surface area (Å²) < 4.78 is 5.10. The lowest BCUT2D eigenvalue weighted by atomic mass is 10.2. The van der Waals surface area contributed by atoms with E-state index >= 15 is 0 Å². The second-order valence-electron chi connectivity index (χ2n) is 6.33. The third-order valence-electron chi connectivity index (χ3n) is 4.10. The van der Waals surface area contributed by atoms with E-state index in [1.807, 2.05) is 56.3 Å². The van der Waals surface area contributed by atoms with E-state index in [1.165, 1.54) is 18.0 Å². The van der Waals surface area contributed by atoms with Gasteiger partial charge in [-0.3, -0.25) is 9.59 Å². The lowest BCUT2D eigenvalue weighted by molar-refractivity contribution is -0.115. The minimum atomic E-state index is -0.309.